The Hall–Kier alpha value is -8.33. The smallest absolute Gasteiger partial charge is 0.0722 e. The second-order valence-corrected chi connectivity index (χ2v) is 16.7. The molecule has 292 valence electrons. The molecule has 13 rings (SSSR count). The van der Waals surface area contributed by atoms with Gasteiger partial charge >= 0.3 is 0 Å². The third-order valence-electron chi connectivity index (χ3n) is 13.1. The molecule has 2 heterocycles. The Kier molecular flexibility index (Phi) is 7.94. The number of para-hydroxylation sites is 2. The first-order valence-electron chi connectivity index (χ1n) is 21.7. The van der Waals surface area contributed by atoms with Crippen molar-refractivity contribution < 1.29 is 0 Å². The average molecular weight is 799 g/mol. The molecule has 0 aliphatic rings. The van der Waals surface area contributed by atoms with Gasteiger partial charge in [-0.2, -0.15) is 0 Å². The van der Waals surface area contributed by atoms with Gasteiger partial charge in [0, 0.05) is 27.6 Å². The Labute approximate surface area is 364 Å². The van der Waals surface area contributed by atoms with E-state index in [2.05, 4.69) is 235 Å². The van der Waals surface area contributed by atoms with E-state index < -0.39 is 0 Å². The number of hydrogen-bond acceptors (Lipinski definition) is 1. The van der Waals surface area contributed by atoms with Crippen molar-refractivity contribution in [2.75, 3.05) is 0 Å². The molecule has 63 heavy (non-hydrogen) atoms. The summed E-state index contributed by atoms with van der Waals surface area (Å²) in [7, 11) is 0. The second kappa shape index (κ2) is 14.1. The summed E-state index contributed by atoms with van der Waals surface area (Å²) in [6, 6.07) is 84.3. The fourth-order valence-electron chi connectivity index (χ4n) is 10.2. The van der Waals surface area contributed by atoms with E-state index in [0.29, 0.717) is 0 Å². The molecule has 0 unspecified atom stereocenters. The van der Waals surface area contributed by atoms with Gasteiger partial charge in [-0.3, -0.25) is 0 Å². The highest BCUT2D eigenvalue weighted by atomic mass is 15.0. The van der Waals surface area contributed by atoms with Crippen molar-refractivity contribution in [2.45, 2.75) is 0 Å². The van der Waals surface area contributed by atoms with Crippen molar-refractivity contribution in [1.82, 2.24) is 9.55 Å². The van der Waals surface area contributed by atoms with Crippen LogP contribution in [0.5, 0.6) is 0 Å². The van der Waals surface area contributed by atoms with Gasteiger partial charge in [0.1, 0.15) is 0 Å². The van der Waals surface area contributed by atoms with Crippen LogP contribution < -0.4 is 0 Å². The predicted molar refractivity (Wildman–Crippen MR) is 268 cm³/mol. The lowest BCUT2D eigenvalue weighted by atomic mass is 9.91. The van der Waals surface area contributed by atoms with Crippen LogP contribution in [0.3, 0.4) is 0 Å². The maximum Gasteiger partial charge on any atom is 0.0722 e. The first kappa shape index (κ1) is 35.4. The molecule has 2 aromatic heterocycles. The minimum absolute atomic E-state index is 0.921. The lowest BCUT2D eigenvalue weighted by Crippen LogP contribution is -1.98. The Morgan fingerprint density at radius 2 is 0.730 bits per heavy atom. The monoisotopic (exact) mass is 798 g/mol. The molecule has 0 saturated carbocycles. The van der Waals surface area contributed by atoms with E-state index in [1.807, 2.05) is 0 Å². The molecule has 0 saturated heterocycles. The molecule has 0 aliphatic heterocycles. The van der Waals surface area contributed by atoms with Crippen LogP contribution in [0.2, 0.25) is 0 Å². The predicted octanol–water partition coefficient (Wildman–Crippen LogP) is 16.6. The number of fused-ring (bicyclic) bond motifs is 12. The van der Waals surface area contributed by atoms with Gasteiger partial charge in [0.15, 0.2) is 0 Å². The molecule has 0 spiro atoms. The minimum Gasteiger partial charge on any atom is -0.309 e. The Balaban J connectivity index is 1.11. The topological polar surface area (TPSA) is 17.8 Å². The van der Waals surface area contributed by atoms with Crippen LogP contribution in [0.15, 0.2) is 231 Å². The van der Waals surface area contributed by atoms with Gasteiger partial charge in [0.25, 0.3) is 0 Å². The molecule has 13 aromatic rings. The zero-order valence-corrected chi connectivity index (χ0v) is 34.3. The number of rotatable bonds is 5. The van der Waals surface area contributed by atoms with E-state index in [1.54, 1.807) is 0 Å². The minimum atomic E-state index is 0.921. The van der Waals surface area contributed by atoms with Crippen LogP contribution in [-0.4, -0.2) is 9.55 Å². The van der Waals surface area contributed by atoms with E-state index in [0.717, 1.165) is 50.5 Å². The maximum atomic E-state index is 5.65. The molecule has 11 aromatic carbocycles. The summed E-state index contributed by atoms with van der Waals surface area (Å²) >= 11 is 0. The van der Waals surface area contributed by atoms with Gasteiger partial charge < -0.3 is 4.57 Å². The molecule has 0 fully saturated rings. The quantitative estimate of drug-likeness (QED) is 0.159. The largest absolute Gasteiger partial charge is 0.309 e. The number of nitrogens with zero attached hydrogens (tertiary/aromatic N) is 2. The summed E-state index contributed by atoms with van der Waals surface area (Å²) in [5.41, 5.74) is 12.0. The van der Waals surface area contributed by atoms with Crippen LogP contribution in [-0.2, 0) is 0 Å². The van der Waals surface area contributed by atoms with Gasteiger partial charge in [-0.05, 0) is 131 Å². The summed E-state index contributed by atoms with van der Waals surface area (Å²) in [6.07, 6.45) is 0. The summed E-state index contributed by atoms with van der Waals surface area (Å²) < 4.78 is 2.43. The molecule has 0 radical (unpaired) electrons. The zero-order chi connectivity index (χ0) is 41.4. The van der Waals surface area contributed by atoms with Crippen LogP contribution in [0.25, 0.3) is 126 Å². The molecular weight excluding hydrogens is 761 g/mol. The van der Waals surface area contributed by atoms with E-state index in [1.165, 1.54) is 75.7 Å². The van der Waals surface area contributed by atoms with Crippen LogP contribution >= 0.6 is 0 Å². The average Bonchev–Trinajstić information content (AvgIpc) is 3.70. The molecule has 0 atom stereocenters. The van der Waals surface area contributed by atoms with Crippen molar-refractivity contribution in [3.05, 3.63) is 231 Å². The highest BCUT2D eigenvalue weighted by Crippen LogP contribution is 2.42. The van der Waals surface area contributed by atoms with Crippen molar-refractivity contribution in [3.63, 3.8) is 0 Å². The fraction of sp³-hybridized carbons (Fsp3) is 0. The van der Waals surface area contributed by atoms with Gasteiger partial charge in [-0.15, -0.1) is 0 Å². The normalized spacial score (nSPS) is 11.8. The number of benzene rings is 11. The third kappa shape index (κ3) is 5.69. The van der Waals surface area contributed by atoms with Crippen molar-refractivity contribution in [3.8, 4) is 50.5 Å². The first-order chi connectivity index (χ1) is 31.2. The van der Waals surface area contributed by atoms with Crippen molar-refractivity contribution in [2.24, 2.45) is 0 Å². The van der Waals surface area contributed by atoms with Crippen LogP contribution in [0, 0.1) is 0 Å². The fourth-order valence-corrected chi connectivity index (χ4v) is 10.2. The van der Waals surface area contributed by atoms with E-state index in [9.17, 15) is 0 Å². The highest BCUT2D eigenvalue weighted by molar-refractivity contribution is 6.26. The number of pyridine rings is 1. The number of aromatic nitrogens is 2. The van der Waals surface area contributed by atoms with Gasteiger partial charge in [0.2, 0.25) is 0 Å². The van der Waals surface area contributed by atoms with E-state index in [4.69, 9.17) is 4.98 Å². The summed E-state index contributed by atoms with van der Waals surface area (Å²) in [5, 5.41) is 14.9. The highest BCUT2D eigenvalue weighted by Gasteiger charge is 2.18. The molecule has 0 bridgehead atoms. The van der Waals surface area contributed by atoms with Crippen molar-refractivity contribution >= 4 is 75.7 Å². The Morgan fingerprint density at radius 1 is 0.254 bits per heavy atom. The molecule has 2 nitrogen and oxygen atoms in total. The summed E-state index contributed by atoms with van der Waals surface area (Å²) in [4.78, 5) is 5.65. The maximum absolute atomic E-state index is 5.65. The van der Waals surface area contributed by atoms with Crippen molar-refractivity contribution in [1.29, 1.82) is 0 Å². The lowest BCUT2D eigenvalue weighted by molar-refractivity contribution is 1.18. The molecule has 0 aliphatic carbocycles. The van der Waals surface area contributed by atoms with E-state index >= 15 is 0 Å². The lowest BCUT2D eigenvalue weighted by Gasteiger charge is -2.17. The van der Waals surface area contributed by atoms with Gasteiger partial charge in [0.05, 0.1) is 22.4 Å². The van der Waals surface area contributed by atoms with Gasteiger partial charge in [-0.1, -0.05) is 176 Å². The van der Waals surface area contributed by atoms with E-state index in [-0.39, 0.29) is 0 Å². The first-order valence-corrected chi connectivity index (χ1v) is 21.7. The summed E-state index contributed by atoms with van der Waals surface area (Å²) in [6.45, 7) is 0. The van der Waals surface area contributed by atoms with Crippen LogP contribution in [0.1, 0.15) is 0 Å². The SMILES string of the molecule is c1ccc(-c2cc(-c3cc(-c4ccc5c6ccccc6c6ccccc6c5c4)cc(-n4c5ccccc5c5ccccc54)c3)nc(-c3cc4ccccc4c4ccccc34)c2)cc1. The van der Waals surface area contributed by atoms with Gasteiger partial charge in [-0.25, -0.2) is 4.98 Å². The molecule has 0 amide bonds. The summed E-state index contributed by atoms with van der Waals surface area (Å²) in [5.74, 6) is 0. The molecule has 0 N–H and O–H groups in total. The molecule has 2 heteroatoms. The number of hydrogen-bond donors (Lipinski definition) is 0. The second-order valence-electron chi connectivity index (χ2n) is 16.7. The molecular formula is C61H38N2. The third-order valence-corrected chi connectivity index (χ3v) is 13.1. The standard InChI is InChI=1S/C61H38N2/c1-2-16-39(17-3-1)43-37-58(62-59(38-43)57-36-41-18-4-5-19-46(41)47-20-6-11-25-52(47)57)44-32-42(33-45(34-44)63-60-28-14-12-26-54(60)55-27-13-15-29-61(55)63)40-30-31-53-50-23-8-7-21-48(50)49-22-9-10-24-51(49)56(53)35-40/h1-38H. The Morgan fingerprint density at radius 3 is 1.40 bits per heavy atom. The zero-order valence-electron chi connectivity index (χ0n) is 34.3. The Bertz CT molecular complexity index is 3880. The van der Waals surface area contributed by atoms with Crippen LogP contribution in [0.4, 0.5) is 0 Å².